The molecule has 2 heterocycles. The lowest BCUT2D eigenvalue weighted by molar-refractivity contribution is -0.123. The average Bonchev–Trinajstić information content (AvgIpc) is 2.91. The maximum atomic E-state index is 12.4. The summed E-state index contributed by atoms with van der Waals surface area (Å²) in [6, 6.07) is 11.4. The highest BCUT2D eigenvalue weighted by atomic mass is 32.1. The Bertz CT molecular complexity index is 1000. The molecule has 3 aromatic rings. The predicted octanol–water partition coefficient (Wildman–Crippen LogP) is 3.63. The number of pyridine rings is 1. The Morgan fingerprint density at radius 2 is 1.81 bits per heavy atom. The van der Waals surface area contributed by atoms with E-state index in [1.165, 1.54) is 0 Å². The van der Waals surface area contributed by atoms with Crippen molar-refractivity contribution in [2.45, 2.75) is 20.8 Å². The van der Waals surface area contributed by atoms with Gasteiger partial charge in [0.2, 0.25) is 5.91 Å². The third kappa shape index (κ3) is 3.25. The molecule has 0 unspecified atom stereocenters. The molecule has 26 heavy (non-hydrogen) atoms. The highest BCUT2D eigenvalue weighted by Crippen LogP contribution is 2.40. The zero-order valence-corrected chi connectivity index (χ0v) is 15.6. The van der Waals surface area contributed by atoms with Gasteiger partial charge in [-0.25, -0.2) is 4.98 Å². The lowest BCUT2D eigenvalue weighted by atomic mass is 9.95. The standard InChI is InChI=1S/C19H20N4O2S/c1-19(2,3)18(25)23-12-9-11(10-7-5-4-6-8-10)13-14(20)15(16(21)24)26-17(13)22-12/h4-9H,20H2,1-3H3,(H2,21,24)(H,22,23,25). The fraction of sp³-hybridized carbons (Fsp3) is 0.211. The third-order valence-electron chi connectivity index (χ3n) is 3.93. The molecular weight excluding hydrogens is 348 g/mol. The Morgan fingerprint density at radius 1 is 1.15 bits per heavy atom. The van der Waals surface area contributed by atoms with E-state index < -0.39 is 11.3 Å². The molecule has 6 nitrogen and oxygen atoms in total. The Kier molecular flexibility index (Phi) is 4.41. The summed E-state index contributed by atoms with van der Waals surface area (Å²) in [6.07, 6.45) is 0. The topological polar surface area (TPSA) is 111 Å². The molecule has 2 aromatic heterocycles. The number of aromatic nitrogens is 1. The molecule has 134 valence electrons. The van der Waals surface area contributed by atoms with Crippen LogP contribution in [0.15, 0.2) is 36.4 Å². The number of rotatable bonds is 3. The van der Waals surface area contributed by atoms with Gasteiger partial charge in [0.1, 0.15) is 15.5 Å². The molecule has 5 N–H and O–H groups in total. The first-order chi connectivity index (χ1) is 12.2. The summed E-state index contributed by atoms with van der Waals surface area (Å²) in [4.78, 5) is 29.3. The van der Waals surface area contributed by atoms with E-state index in [0.717, 1.165) is 22.5 Å². The summed E-state index contributed by atoms with van der Waals surface area (Å²) < 4.78 is 0. The fourth-order valence-electron chi connectivity index (χ4n) is 2.52. The van der Waals surface area contributed by atoms with Crippen molar-refractivity contribution < 1.29 is 9.59 Å². The van der Waals surface area contributed by atoms with Crippen molar-refractivity contribution in [2.24, 2.45) is 11.1 Å². The van der Waals surface area contributed by atoms with Crippen LogP contribution in [0, 0.1) is 5.41 Å². The van der Waals surface area contributed by atoms with Crippen molar-refractivity contribution in [3.63, 3.8) is 0 Å². The summed E-state index contributed by atoms with van der Waals surface area (Å²) >= 11 is 1.13. The lowest BCUT2D eigenvalue weighted by Gasteiger charge is -2.17. The minimum atomic E-state index is -0.593. The number of carbonyl (C=O) groups is 2. The van der Waals surface area contributed by atoms with E-state index in [1.54, 1.807) is 6.07 Å². The number of hydrogen-bond donors (Lipinski definition) is 3. The van der Waals surface area contributed by atoms with Gasteiger partial charge in [0.05, 0.1) is 5.69 Å². The average molecular weight is 368 g/mol. The maximum Gasteiger partial charge on any atom is 0.260 e. The van der Waals surface area contributed by atoms with Crippen LogP contribution in [0.25, 0.3) is 21.3 Å². The molecule has 0 saturated heterocycles. The Morgan fingerprint density at radius 3 is 2.38 bits per heavy atom. The van der Waals surface area contributed by atoms with Gasteiger partial charge in [-0.15, -0.1) is 11.3 Å². The number of amides is 2. The minimum Gasteiger partial charge on any atom is -0.397 e. The smallest absolute Gasteiger partial charge is 0.260 e. The first kappa shape index (κ1) is 17.9. The number of fused-ring (bicyclic) bond motifs is 1. The first-order valence-corrected chi connectivity index (χ1v) is 8.90. The molecule has 0 atom stereocenters. The summed E-state index contributed by atoms with van der Waals surface area (Å²) in [6.45, 7) is 5.48. The van der Waals surface area contributed by atoms with Gasteiger partial charge in [-0.2, -0.15) is 0 Å². The highest BCUT2D eigenvalue weighted by molar-refractivity contribution is 7.21. The SMILES string of the molecule is CC(C)(C)C(=O)Nc1cc(-c2ccccc2)c2c(N)c(C(N)=O)sc2n1. The zero-order chi connectivity index (χ0) is 19.1. The number of nitrogens with one attached hydrogen (secondary N) is 1. The second kappa shape index (κ2) is 6.42. The van der Waals surface area contributed by atoms with Crippen LogP contribution in [-0.4, -0.2) is 16.8 Å². The van der Waals surface area contributed by atoms with Crippen molar-refractivity contribution in [3.8, 4) is 11.1 Å². The van der Waals surface area contributed by atoms with E-state index >= 15 is 0 Å². The molecule has 0 aliphatic rings. The van der Waals surface area contributed by atoms with E-state index in [-0.39, 0.29) is 10.8 Å². The molecule has 2 amide bonds. The van der Waals surface area contributed by atoms with Gasteiger partial charge < -0.3 is 16.8 Å². The van der Waals surface area contributed by atoms with Crippen LogP contribution in [0.4, 0.5) is 11.5 Å². The minimum absolute atomic E-state index is 0.150. The van der Waals surface area contributed by atoms with Crippen LogP contribution in [0.5, 0.6) is 0 Å². The van der Waals surface area contributed by atoms with Crippen LogP contribution >= 0.6 is 11.3 Å². The Labute approximate surface area is 155 Å². The molecule has 0 saturated carbocycles. The number of benzene rings is 1. The second-order valence-electron chi connectivity index (χ2n) is 7.01. The van der Waals surface area contributed by atoms with E-state index in [0.29, 0.717) is 21.7 Å². The molecule has 0 spiro atoms. The number of nitrogen functional groups attached to an aromatic ring is 1. The molecule has 0 fully saturated rings. The summed E-state index contributed by atoms with van der Waals surface area (Å²) in [5.74, 6) is -0.332. The van der Waals surface area contributed by atoms with Crippen molar-refractivity contribution in [3.05, 3.63) is 41.3 Å². The van der Waals surface area contributed by atoms with Crippen molar-refractivity contribution >= 4 is 44.9 Å². The van der Waals surface area contributed by atoms with E-state index in [9.17, 15) is 9.59 Å². The monoisotopic (exact) mass is 368 g/mol. The number of primary amides is 1. The predicted molar refractivity (Wildman–Crippen MR) is 106 cm³/mol. The number of hydrogen-bond acceptors (Lipinski definition) is 5. The normalized spacial score (nSPS) is 11.5. The molecule has 0 aliphatic heterocycles. The number of nitrogens with zero attached hydrogens (tertiary/aromatic N) is 1. The number of thiophene rings is 1. The molecule has 0 aliphatic carbocycles. The molecule has 1 aromatic carbocycles. The summed E-state index contributed by atoms with van der Waals surface area (Å²) in [5.41, 5.74) is 13.1. The third-order valence-corrected chi connectivity index (χ3v) is 5.04. The van der Waals surface area contributed by atoms with Gasteiger partial charge in [0.15, 0.2) is 0 Å². The number of nitrogens with two attached hydrogens (primary N) is 2. The Balaban J connectivity index is 2.24. The van der Waals surface area contributed by atoms with Gasteiger partial charge in [-0.1, -0.05) is 51.1 Å². The van der Waals surface area contributed by atoms with Gasteiger partial charge in [0, 0.05) is 10.8 Å². The molecule has 3 rings (SSSR count). The van der Waals surface area contributed by atoms with Gasteiger partial charge in [0.25, 0.3) is 5.91 Å². The van der Waals surface area contributed by atoms with Crippen LogP contribution in [-0.2, 0) is 4.79 Å². The largest absolute Gasteiger partial charge is 0.397 e. The van der Waals surface area contributed by atoms with E-state index in [4.69, 9.17) is 11.5 Å². The lowest BCUT2D eigenvalue weighted by Crippen LogP contribution is -2.28. The van der Waals surface area contributed by atoms with E-state index in [1.807, 2.05) is 51.1 Å². The van der Waals surface area contributed by atoms with Crippen molar-refractivity contribution in [2.75, 3.05) is 11.1 Å². The number of carbonyl (C=O) groups excluding carboxylic acids is 2. The van der Waals surface area contributed by atoms with Gasteiger partial charge >= 0.3 is 0 Å². The zero-order valence-electron chi connectivity index (χ0n) is 14.8. The first-order valence-electron chi connectivity index (χ1n) is 8.08. The van der Waals surface area contributed by atoms with Gasteiger partial charge in [-0.3, -0.25) is 9.59 Å². The van der Waals surface area contributed by atoms with Crippen molar-refractivity contribution in [1.82, 2.24) is 4.98 Å². The summed E-state index contributed by atoms with van der Waals surface area (Å²) in [5, 5.41) is 3.51. The van der Waals surface area contributed by atoms with Gasteiger partial charge in [-0.05, 0) is 17.2 Å². The Hall–Kier alpha value is -2.93. The summed E-state index contributed by atoms with van der Waals surface area (Å²) in [7, 11) is 0. The quantitative estimate of drug-likeness (QED) is 0.655. The van der Waals surface area contributed by atoms with Crippen LogP contribution in [0.3, 0.4) is 0 Å². The molecular formula is C19H20N4O2S. The number of anilines is 2. The highest BCUT2D eigenvalue weighted by Gasteiger charge is 2.24. The second-order valence-corrected chi connectivity index (χ2v) is 8.01. The van der Waals surface area contributed by atoms with E-state index in [2.05, 4.69) is 10.3 Å². The maximum absolute atomic E-state index is 12.4. The molecule has 7 heteroatoms. The molecule has 0 radical (unpaired) electrons. The fourth-order valence-corrected chi connectivity index (χ4v) is 3.49. The van der Waals surface area contributed by atoms with Crippen LogP contribution in [0.1, 0.15) is 30.4 Å². The van der Waals surface area contributed by atoms with Crippen molar-refractivity contribution in [1.29, 1.82) is 0 Å². The molecule has 0 bridgehead atoms. The van der Waals surface area contributed by atoms with Crippen LogP contribution in [0.2, 0.25) is 0 Å². The van der Waals surface area contributed by atoms with Crippen LogP contribution < -0.4 is 16.8 Å².